The fourth-order valence-electron chi connectivity index (χ4n) is 3.28. The van der Waals surface area contributed by atoms with Crippen LogP contribution in [0.2, 0.25) is 0 Å². The van der Waals surface area contributed by atoms with Crippen LogP contribution in [-0.4, -0.2) is 58.0 Å². The van der Waals surface area contributed by atoms with E-state index in [0.29, 0.717) is 32.7 Å². The zero-order chi connectivity index (χ0) is 21.0. The Morgan fingerprint density at radius 3 is 2.38 bits per heavy atom. The summed E-state index contributed by atoms with van der Waals surface area (Å²) >= 11 is 1.42. The highest BCUT2D eigenvalue weighted by Gasteiger charge is 2.28. The Labute approximate surface area is 171 Å². The zero-order valence-corrected chi connectivity index (χ0v) is 16.6. The first-order valence-corrected chi connectivity index (χ1v) is 10.2. The van der Waals surface area contributed by atoms with Gasteiger partial charge in [-0.3, -0.25) is 29.9 Å². The van der Waals surface area contributed by atoms with Gasteiger partial charge >= 0.3 is 0 Å². The average Bonchev–Trinajstić information content (AvgIpc) is 2.73. The molecule has 0 spiro atoms. The van der Waals surface area contributed by atoms with Gasteiger partial charge in [0.15, 0.2) is 0 Å². The van der Waals surface area contributed by atoms with Crippen molar-refractivity contribution in [2.24, 2.45) is 0 Å². The highest BCUT2D eigenvalue weighted by molar-refractivity contribution is 7.98. The molecule has 10 heteroatoms. The predicted molar refractivity (Wildman–Crippen MR) is 109 cm³/mol. The second-order valence-corrected chi connectivity index (χ2v) is 7.52. The first-order chi connectivity index (χ1) is 13.9. The molecule has 0 aromatic heterocycles. The third-order valence-electron chi connectivity index (χ3n) is 4.82. The molecule has 2 aromatic carbocycles. The van der Waals surface area contributed by atoms with Gasteiger partial charge in [0.2, 0.25) is 0 Å². The predicted octanol–water partition coefficient (Wildman–Crippen LogP) is 3.18. The van der Waals surface area contributed by atoms with Gasteiger partial charge in [0.25, 0.3) is 17.3 Å². The summed E-state index contributed by atoms with van der Waals surface area (Å²) in [7, 11) is 0. The number of amides is 1. The molecule has 1 saturated heterocycles. The average molecular weight is 416 g/mol. The summed E-state index contributed by atoms with van der Waals surface area (Å²) in [6.45, 7) is 2.60. The van der Waals surface area contributed by atoms with Gasteiger partial charge in [-0.2, -0.15) is 0 Å². The lowest BCUT2D eigenvalue weighted by Crippen LogP contribution is -2.48. The van der Waals surface area contributed by atoms with Crippen LogP contribution in [0.4, 0.5) is 11.4 Å². The van der Waals surface area contributed by atoms with Crippen molar-refractivity contribution in [2.45, 2.75) is 11.4 Å². The molecule has 1 heterocycles. The topological polar surface area (TPSA) is 110 Å². The summed E-state index contributed by atoms with van der Waals surface area (Å²) in [6.07, 6.45) is 1.85. The molecule has 0 saturated carbocycles. The summed E-state index contributed by atoms with van der Waals surface area (Å²) in [6, 6.07) is 11.1. The van der Waals surface area contributed by atoms with E-state index < -0.39 is 9.85 Å². The molecule has 1 amide bonds. The molecule has 0 aliphatic carbocycles. The van der Waals surface area contributed by atoms with Crippen molar-refractivity contribution in [3.8, 4) is 0 Å². The number of non-ortho nitro benzene ring substituents is 1. The zero-order valence-electron chi connectivity index (χ0n) is 15.8. The largest absolute Gasteiger partial charge is 0.336 e. The van der Waals surface area contributed by atoms with Crippen LogP contribution in [0.3, 0.4) is 0 Å². The molecule has 3 rings (SSSR count). The number of carbonyl (C=O) groups excluding carboxylic acids is 1. The number of benzene rings is 2. The fraction of sp³-hybridized carbons (Fsp3) is 0.316. The Balaban J connectivity index is 1.66. The lowest BCUT2D eigenvalue weighted by atomic mass is 10.1. The van der Waals surface area contributed by atoms with Crippen LogP contribution < -0.4 is 0 Å². The maximum Gasteiger partial charge on any atom is 0.282 e. The number of nitro groups is 2. The number of hydrogen-bond acceptors (Lipinski definition) is 7. The van der Waals surface area contributed by atoms with E-state index in [4.69, 9.17) is 0 Å². The van der Waals surface area contributed by atoms with Crippen LogP contribution in [0.5, 0.6) is 0 Å². The van der Waals surface area contributed by atoms with Crippen molar-refractivity contribution in [1.29, 1.82) is 0 Å². The minimum atomic E-state index is -0.532. The normalized spacial score (nSPS) is 14.6. The van der Waals surface area contributed by atoms with Crippen molar-refractivity contribution >= 4 is 29.0 Å². The molecule has 1 aliphatic rings. The summed E-state index contributed by atoms with van der Waals surface area (Å²) in [4.78, 5) is 38.7. The van der Waals surface area contributed by atoms with Crippen LogP contribution >= 0.6 is 11.8 Å². The summed E-state index contributed by atoms with van der Waals surface area (Å²) in [5, 5.41) is 22.2. The van der Waals surface area contributed by atoms with Gasteiger partial charge in [0, 0.05) is 55.8 Å². The van der Waals surface area contributed by atoms with Gasteiger partial charge < -0.3 is 4.90 Å². The van der Waals surface area contributed by atoms with Crippen molar-refractivity contribution in [1.82, 2.24) is 9.80 Å². The standard InChI is InChI=1S/C19H20N4O5S/c1-29-16-5-6-18(23(27)28)17(12-16)19(24)21-9-7-20(8-10-21)13-14-3-2-4-15(11-14)22(25)26/h2-6,11-12H,7-10,13H2,1H3. The van der Waals surface area contributed by atoms with Gasteiger partial charge in [-0.05, 0) is 24.0 Å². The maximum atomic E-state index is 12.9. The Kier molecular flexibility index (Phi) is 6.45. The SMILES string of the molecule is CSc1ccc([N+](=O)[O-])c(C(=O)N2CCN(Cc3cccc([N+](=O)[O-])c3)CC2)c1. The van der Waals surface area contributed by atoms with E-state index in [1.54, 1.807) is 29.2 Å². The third-order valence-corrected chi connectivity index (χ3v) is 5.54. The third kappa shape index (κ3) is 4.90. The Morgan fingerprint density at radius 1 is 1.03 bits per heavy atom. The summed E-state index contributed by atoms with van der Waals surface area (Å²) < 4.78 is 0. The smallest absolute Gasteiger partial charge is 0.282 e. The minimum Gasteiger partial charge on any atom is -0.336 e. The number of rotatable bonds is 6. The molecule has 0 N–H and O–H groups in total. The molecule has 152 valence electrons. The molecule has 2 aromatic rings. The van der Waals surface area contributed by atoms with Crippen LogP contribution in [0.1, 0.15) is 15.9 Å². The van der Waals surface area contributed by atoms with E-state index in [-0.39, 0.29) is 22.8 Å². The van der Waals surface area contributed by atoms with Crippen molar-refractivity contribution in [2.75, 3.05) is 32.4 Å². The lowest BCUT2D eigenvalue weighted by Gasteiger charge is -2.34. The molecule has 0 bridgehead atoms. The summed E-state index contributed by atoms with van der Waals surface area (Å²) in [5.74, 6) is -0.345. The molecule has 0 unspecified atom stereocenters. The van der Waals surface area contributed by atoms with E-state index >= 15 is 0 Å². The molecular weight excluding hydrogens is 396 g/mol. The van der Waals surface area contributed by atoms with E-state index in [1.165, 1.54) is 23.9 Å². The number of hydrogen-bond donors (Lipinski definition) is 0. The highest BCUT2D eigenvalue weighted by atomic mass is 32.2. The fourth-order valence-corrected chi connectivity index (χ4v) is 3.72. The molecule has 0 atom stereocenters. The Morgan fingerprint density at radius 2 is 1.76 bits per heavy atom. The highest BCUT2D eigenvalue weighted by Crippen LogP contribution is 2.26. The number of carbonyl (C=O) groups is 1. The van der Waals surface area contributed by atoms with E-state index in [9.17, 15) is 25.0 Å². The lowest BCUT2D eigenvalue weighted by molar-refractivity contribution is -0.385. The Bertz CT molecular complexity index is 944. The van der Waals surface area contributed by atoms with Crippen LogP contribution in [0.15, 0.2) is 47.4 Å². The minimum absolute atomic E-state index is 0.0531. The van der Waals surface area contributed by atoms with Crippen molar-refractivity contribution in [3.05, 3.63) is 73.8 Å². The summed E-state index contributed by atoms with van der Waals surface area (Å²) in [5.41, 5.74) is 0.806. The molecule has 1 fully saturated rings. The quantitative estimate of drug-likeness (QED) is 0.404. The number of nitrogens with zero attached hydrogens (tertiary/aromatic N) is 4. The van der Waals surface area contributed by atoms with Crippen molar-refractivity contribution in [3.63, 3.8) is 0 Å². The van der Waals surface area contributed by atoms with Crippen LogP contribution in [0.25, 0.3) is 0 Å². The molecule has 0 radical (unpaired) electrons. The van der Waals surface area contributed by atoms with Gasteiger partial charge in [-0.1, -0.05) is 12.1 Å². The van der Waals surface area contributed by atoms with Gasteiger partial charge in [0.05, 0.1) is 9.85 Å². The van der Waals surface area contributed by atoms with E-state index in [0.717, 1.165) is 10.5 Å². The second-order valence-electron chi connectivity index (χ2n) is 6.64. The van der Waals surface area contributed by atoms with E-state index in [2.05, 4.69) is 4.90 Å². The van der Waals surface area contributed by atoms with Crippen molar-refractivity contribution < 1.29 is 14.6 Å². The Hall–Kier alpha value is -2.98. The maximum absolute atomic E-state index is 12.9. The molecular formula is C19H20N4O5S. The second kappa shape index (κ2) is 9.01. The monoisotopic (exact) mass is 416 g/mol. The van der Waals surface area contributed by atoms with Gasteiger partial charge in [0.1, 0.15) is 5.56 Å². The van der Waals surface area contributed by atoms with Crippen LogP contribution in [0, 0.1) is 20.2 Å². The molecule has 1 aliphatic heterocycles. The first kappa shape index (κ1) is 20.7. The first-order valence-electron chi connectivity index (χ1n) is 8.96. The molecule has 29 heavy (non-hydrogen) atoms. The number of nitro benzene ring substituents is 2. The number of thioether (sulfide) groups is 1. The van der Waals surface area contributed by atoms with Gasteiger partial charge in [-0.15, -0.1) is 11.8 Å². The van der Waals surface area contributed by atoms with Crippen LogP contribution in [-0.2, 0) is 6.54 Å². The van der Waals surface area contributed by atoms with Gasteiger partial charge in [-0.25, -0.2) is 0 Å². The number of piperazine rings is 1. The van der Waals surface area contributed by atoms with E-state index in [1.807, 2.05) is 12.3 Å². The molecule has 9 nitrogen and oxygen atoms in total.